The fourth-order valence-electron chi connectivity index (χ4n) is 4.23. The van der Waals surface area contributed by atoms with Crippen molar-refractivity contribution in [1.82, 2.24) is 19.7 Å². The van der Waals surface area contributed by atoms with Gasteiger partial charge in [0.05, 0.1) is 22.1 Å². The van der Waals surface area contributed by atoms with Gasteiger partial charge in [0.1, 0.15) is 12.4 Å². The third-order valence-corrected chi connectivity index (χ3v) is 7.09. The normalized spacial score (nSPS) is 13.6. The second kappa shape index (κ2) is 8.90. The van der Waals surface area contributed by atoms with Crippen LogP contribution in [-0.4, -0.2) is 38.7 Å². The third kappa shape index (κ3) is 4.59. The summed E-state index contributed by atoms with van der Waals surface area (Å²) < 4.78 is 15.3. The molecular weight excluding hydrogens is 435 g/mol. The summed E-state index contributed by atoms with van der Waals surface area (Å²) >= 11 is 1.73. The number of benzene rings is 2. The SMILES string of the molecule is Cc1ccc(-c2cc(-c3ccc(F)cc3)n(CC(=O)N3CCc4nc(C)sc4CC3)n2)cc1. The predicted octanol–water partition coefficient (Wildman–Crippen LogP) is 5.06. The number of carbonyl (C=O) groups excluding carboxylic acids is 1. The zero-order chi connectivity index (χ0) is 22.9. The Labute approximate surface area is 196 Å². The van der Waals surface area contributed by atoms with E-state index in [1.807, 2.05) is 49.1 Å². The van der Waals surface area contributed by atoms with E-state index in [0.717, 1.165) is 46.1 Å². The van der Waals surface area contributed by atoms with E-state index in [1.165, 1.54) is 22.6 Å². The van der Waals surface area contributed by atoms with E-state index in [1.54, 1.807) is 28.2 Å². The molecule has 0 radical (unpaired) electrons. The standard InChI is InChI=1S/C26H25FN4OS/c1-17-3-5-19(6-4-17)23-15-24(20-7-9-21(27)10-8-20)31(29-23)16-26(32)30-13-11-22-25(12-14-30)33-18(2)28-22/h3-10,15H,11-14,16H2,1-2H3. The molecule has 0 bridgehead atoms. The van der Waals surface area contributed by atoms with Crippen molar-refractivity contribution in [2.75, 3.05) is 13.1 Å². The number of hydrogen-bond acceptors (Lipinski definition) is 4. The van der Waals surface area contributed by atoms with Crippen molar-refractivity contribution in [3.8, 4) is 22.5 Å². The van der Waals surface area contributed by atoms with Crippen molar-refractivity contribution in [2.45, 2.75) is 33.2 Å². The number of rotatable bonds is 4. The van der Waals surface area contributed by atoms with Crippen LogP contribution in [0.2, 0.25) is 0 Å². The van der Waals surface area contributed by atoms with Gasteiger partial charge in [-0.15, -0.1) is 11.3 Å². The van der Waals surface area contributed by atoms with Gasteiger partial charge in [0.25, 0.3) is 0 Å². The van der Waals surface area contributed by atoms with Gasteiger partial charge in [0.2, 0.25) is 5.91 Å². The Balaban J connectivity index is 1.42. The summed E-state index contributed by atoms with van der Waals surface area (Å²) in [4.78, 5) is 21.1. The van der Waals surface area contributed by atoms with Crippen molar-refractivity contribution < 1.29 is 9.18 Å². The lowest BCUT2D eigenvalue weighted by Crippen LogP contribution is -2.36. The molecule has 0 fully saturated rings. The molecule has 2 aromatic heterocycles. The van der Waals surface area contributed by atoms with Crippen LogP contribution in [0, 0.1) is 19.7 Å². The summed E-state index contributed by atoms with van der Waals surface area (Å²) in [5.74, 6) is -0.260. The number of amides is 1. The van der Waals surface area contributed by atoms with Gasteiger partial charge in [-0.2, -0.15) is 5.10 Å². The quantitative estimate of drug-likeness (QED) is 0.428. The molecule has 1 aliphatic heterocycles. The summed E-state index contributed by atoms with van der Waals surface area (Å²) in [6.07, 6.45) is 1.62. The van der Waals surface area contributed by atoms with E-state index in [9.17, 15) is 9.18 Å². The number of aryl methyl sites for hydroxylation is 2. The van der Waals surface area contributed by atoms with Crippen LogP contribution in [-0.2, 0) is 24.2 Å². The van der Waals surface area contributed by atoms with Crippen molar-refractivity contribution in [3.05, 3.63) is 81.6 Å². The predicted molar refractivity (Wildman–Crippen MR) is 129 cm³/mol. The third-order valence-electron chi connectivity index (χ3n) is 6.02. The Morgan fingerprint density at radius 1 is 1.00 bits per heavy atom. The van der Waals surface area contributed by atoms with Crippen LogP contribution in [0.4, 0.5) is 4.39 Å². The largest absolute Gasteiger partial charge is 0.340 e. The van der Waals surface area contributed by atoms with Gasteiger partial charge in [-0.05, 0) is 44.2 Å². The lowest BCUT2D eigenvalue weighted by Gasteiger charge is -2.21. The Kier molecular flexibility index (Phi) is 5.81. The lowest BCUT2D eigenvalue weighted by molar-refractivity contribution is -0.131. The number of hydrogen-bond donors (Lipinski definition) is 0. The number of aromatic nitrogens is 3. The fourth-order valence-corrected chi connectivity index (χ4v) is 5.20. The van der Waals surface area contributed by atoms with E-state index < -0.39 is 0 Å². The number of thiazole rings is 1. The van der Waals surface area contributed by atoms with Crippen LogP contribution in [0.5, 0.6) is 0 Å². The summed E-state index contributed by atoms with van der Waals surface area (Å²) in [7, 11) is 0. The second-order valence-electron chi connectivity index (χ2n) is 8.43. The van der Waals surface area contributed by atoms with Crippen LogP contribution in [0.15, 0.2) is 54.6 Å². The molecule has 3 heterocycles. The first-order chi connectivity index (χ1) is 16.0. The Morgan fingerprint density at radius 2 is 1.70 bits per heavy atom. The van der Waals surface area contributed by atoms with Crippen molar-refractivity contribution in [3.63, 3.8) is 0 Å². The molecule has 7 heteroatoms. The lowest BCUT2D eigenvalue weighted by atomic mass is 10.1. The molecular formula is C26H25FN4OS. The molecule has 0 atom stereocenters. The highest BCUT2D eigenvalue weighted by atomic mass is 32.1. The van der Waals surface area contributed by atoms with E-state index in [2.05, 4.69) is 4.98 Å². The molecule has 5 nitrogen and oxygen atoms in total. The Bertz CT molecular complexity index is 1270. The Hall–Kier alpha value is -3.32. The first-order valence-electron chi connectivity index (χ1n) is 11.1. The van der Waals surface area contributed by atoms with Crippen molar-refractivity contribution in [2.24, 2.45) is 0 Å². The summed E-state index contributed by atoms with van der Waals surface area (Å²) in [6.45, 7) is 5.56. The average molecular weight is 461 g/mol. The van der Waals surface area contributed by atoms with Gasteiger partial charge >= 0.3 is 0 Å². The monoisotopic (exact) mass is 460 g/mol. The minimum absolute atomic E-state index is 0.0313. The molecule has 2 aromatic carbocycles. The van der Waals surface area contributed by atoms with E-state index >= 15 is 0 Å². The molecule has 5 rings (SSSR count). The Morgan fingerprint density at radius 3 is 2.45 bits per heavy atom. The minimum atomic E-state index is -0.291. The van der Waals surface area contributed by atoms with Gasteiger partial charge < -0.3 is 4.90 Å². The molecule has 0 spiro atoms. The van der Waals surface area contributed by atoms with Crippen molar-refractivity contribution >= 4 is 17.2 Å². The molecule has 0 N–H and O–H groups in total. The van der Waals surface area contributed by atoms with Gasteiger partial charge in [0.15, 0.2) is 0 Å². The molecule has 4 aromatic rings. The van der Waals surface area contributed by atoms with Crippen LogP contribution in [0.25, 0.3) is 22.5 Å². The highest BCUT2D eigenvalue weighted by Crippen LogP contribution is 2.27. The molecule has 1 aliphatic rings. The average Bonchev–Trinajstić information content (AvgIpc) is 3.32. The van der Waals surface area contributed by atoms with Crippen LogP contribution >= 0.6 is 11.3 Å². The smallest absolute Gasteiger partial charge is 0.244 e. The zero-order valence-corrected chi connectivity index (χ0v) is 19.5. The van der Waals surface area contributed by atoms with Gasteiger partial charge in [-0.3, -0.25) is 9.48 Å². The fraction of sp³-hybridized carbons (Fsp3) is 0.269. The number of halogens is 1. The van der Waals surface area contributed by atoms with Gasteiger partial charge in [0, 0.05) is 41.9 Å². The second-order valence-corrected chi connectivity index (χ2v) is 9.72. The number of fused-ring (bicyclic) bond motifs is 1. The maximum absolute atomic E-state index is 13.5. The number of carbonyl (C=O) groups is 1. The molecule has 1 amide bonds. The highest BCUT2D eigenvalue weighted by molar-refractivity contribution is 7.11. The van der Waals surface area contributed by atoms with Gasteiger partial charge in [-0.1, -0.05) is 29.8 Å². The van der Waals surface area contributed by atoms with E-state index in [-0.39, 0.29) is 18.3 Å². The molecule has 0 saturated carbocycles. The van der Waals surface area contributed by atoms with Crippen LogP contribution in [0.1, 0.15) is 21.1 Å². The first kappa shape index (κ1) is 21.5. The topological polar surface area (TPSA) is 51.0 Å². The molecule has 0 unspecified atom stereocenters. The van der Waals surface area contributed by atoms with Crippen LogP contribution in [0.3, 0.4) is 0 Å². The molecule has 33 heavy (non-hydrogen) atoms. The van der Waals surface area contributed by atoms with E-state index in [0.29, 0.717) is 13.1 Å². The minimum Gasteiger partial charge on any atom is -0.340 e. The summed E-state index contributed by atoms with van der Waals surface area (Å²) in [5.41, 5.74) is 5.70. The highest BCUT2D eigenvalue weighted by Gasteiger charge is 2.23. The maximum Gasteiger partial charge on any atom is 0.244 e. The number of nitrogens with zero attached hydrogens (tertiary/aromatic N) is 4. The zero-order valence-electron chi connectivity index (χ0n) is 18.7. The van der Waals surface area contributed by atoms with Crippen LogP contribution < -0.4 is 0 Å². The van der Waals surface area contributed by atoms with Crippen molar-refractivity contribution in [1.29, 1.82) is 0 Å². The molecule has 0 aliphatic carbocycles. The summed E-state index contributed by atoms with van der Waals surface area (Å²) in [5, 5.41) is 5.86. The molecule has 168 valence electrons. The first-order valence-corrected chi connectivity index (χ1v) is 11.9. The maximum atomic E-state index is 13.5. The molecule has 0 saturated heterocycles. The summed E-state index contributed by atoms with van der Waals surface area (Å²) in [6, 6.07) is 16.4. The van der Waals surface area contributed by atoms with Gasteiger partial charge in [-0.25, -0.2) is 9.37 Å². The van der Waals surface area contributed by atoms with E-state index in [4.69, 9.17) is 5.10 Å².